The van der Waals surface area contributed by atoms with Crippen LogP contribution in [0.3, 0.4) is 0 Å². The number of aliphatic carboxylic acids is 1. The van der Waals surface area contributed by atoms with Crippen molar-refractivity contribution in [1.82, 2.24) is 0 Å². The summed E-state index contributed by atoms with van der Waals surface area (Å²) >= 11 is 0. The number of hydrogen-bond acceptors (Lipinski definition) is 5. The highest BCUT2D eigenvalue weighted by molar-refractivity contribution is 5.66. The molecule has 6 heteroatoms. The molecule has 0 saturated heterocycles. The molecule has 31 heavy (non-hydrogen) atoms. The van der Waals surface area contributed by atoms with E-state index in [-0.39, 0.29) is 13.0 Å². The van der Waals surface area contributed by atoms with Crippen molar-refractivity contribution in [2.24, 2.45) is 0 Å². The van der Waals surface area contributed by atoms with E-state index in [0.717, 1.165) is 13.0 Å². The molecule has 0 aliphatic heterocycles. The average Bonchev–Trinajstić information content (AvgIpc) is 2.76. The van der Waals surface area contributed by atoms with Crippen LogP contribution in [0.5, 0.6) is 0 Å². The minimum absolute atomic E-state index is 0.0302. The number of rotatable bonds is 27. The van der Waals surface area contributed by atoms with Gasteiger partial charge in [-0.2, -0.15) is 0 Å². The molecule has 0 atom stereocenters. The van der Waals surface area contributed by atoms with Gasteiger partial charge in [-0.1, -0.05) is 90.4 Å². The standard InChI is InChI=1S/C25H50O6/c1-2-3-4-5-6-7-8-9-10-11-12-13-14-15-17-28-19-21-30-23-24-31-22-20-29-18-16-25(26)27/h2-24H2,1H3,(H,26,27). The Hall–Kier alpha value is -0.690. The number of carbonyl (C=O) groups is 1. The summed E-state index contributed by atoms with van der Waals surface area (Å²) in [5, 5.41) is 8.46. The zero-order valence-corrected chi connectivity index (χ0v) is 20.3. The van der Waals surface area contributed by atoms with Gasteiger partial charge in [-0.25, -0.2) is 0 Å². The topological polar surface area (TPSA) is 74.2 Å². The smallest absolute Gasteiger partial charge is 0.305 e. The van der Waals surface area contributed by atoms with Gasteiger partial charge in [0.25, 0.3) is 0 Å². The van der Waals surface area contributed by atoms with Crippen molar-refractivity contribution in [3.05, 3.63) is 0 Å². The van der Waals surface area contributed by atoms with E-state index < -0.39 is 5.97 Å². The van der Waals surface area contributed by atoms with Crippen molar-refractivity contribution in [2.45, 2.75) is 103 Å². The minimum atomic E-state index is -0.846. The fourth-order valence-electron chi connectivity index (χ4n) is 3.32. The van der Waals surface area contributed by atoms with Gasteiger partial charge in [0.05, 0.1) is 52.7 Å². The van der Waals surface area contributed by atoms with Crippen LogP contribution in [0, 0.1) is 0 Å². The zero-order chi connectivity index (χ0) is 22.7. The molecule has 0 rings (SSSR count). The van der Waals surface area contributed by atoms with Crippen LogP contribution in [0.25, 0.3) is 0 Å². The third kappa shape index (κ3) is 29.3. The summed E-state index contributed by atoms with van der Waals surface area (Å²) in [6.07, 6.45) is 19.3. The van der Waals surface area contributed by atoms with Crippen molar-refractivity contribution in [1.29, 1.82) is 0 Å². The van der Waals surface area contributed by atoms with Gasteiger partial charge in [0, 0.05) is 6.61 Å². The molecule has 0 aliphatic carbocycles. The van der Waals surface area contributed by atoms with Crippen LogP contribution in [0.2, 0.25) is 0 Å². The van der Waals surface area contributed by atoms with E-state index in [2.05, 4.69) is 6.92 Å². The van der Waals surface area contributed by atoms with Crippen molar-refractivity contribution in [3.8, 4) is 0 Å². The van der Waals surface area contributed by atoms with Gasteiger partial charge in [-0.15, -0.1) is 0 Å². The van der Waals surface area contributed by atoms with E-state index in [1.54, 1.807) is 0 Å². The number of carboxylic acid groups (broad SMARTS) is 1. The second-order valence-corrected chi connectivity index (χ2v) is 8.19. The van der Waals surface area contributed by atoms with Crippen molar-refractivity contribution in [2.75, 3.05) is 52.9 Å². The molecule has 6 nitrogen and oxygen atoms in total. The van der Waals surface area contributed by atoms with E-state index in [4.69, 9.17) is 24.1 Å². The third-order valence-electron chi connectivity index (χ3n) is 5.22. The second-order valence-electron chi connectivity index (χ2n) is 8.19. The molecule has 0 heterocycles. The summed E-state index contributed by atoms with van der Waals surface area (Å²) in [6, 6.07) is 0. The average molecular weight is 447 g/mol. The van der Waals surface area contributed by atoms with Crippen molar-refractivity contribution < 1.29 is 28.8 Å². The van der Waals surface area contributed by atoms with Crippen LogP contribution in [0.1, 0.15) is 103 Å². The second kappa shape index (κ2) is 27.3. The predicted octanol–water partition coefficient (Wildman–Crippen LogP) is 6.01. The first-order valence-electron chi connectivity index (χ1n) is 12.8. The maximum Gasteiger partial charge on any atom is 0.305 e. The third-order valence-corrected chi connectivity index (χ3v) is 5.22. The predicted molar refractivity (Wildman–Crippen MR) is 126 cm³/mol. The Bertz CT molecular complexity index is 351. The van der Waals surface area contributed by atoms with E-state index in [0.29, 0.717) is 39.6 Å². The zero-order valence-electron chi connectivity index (χ0n) is 20.3. The lowest BCUT2D eigenvalue weighted by Crippen LogP contribution is -2.12. The SMILES string of the molecule is CCCCCCCCCCCCCCCCOCCOCCOCCOCCC(=O)O. The van der Waals surface area contributed by atoms with Gasteiger partial charge in [0.15, 0.2) is 0 Å². The molecule has 0 aromatic rings. The van der Waals surface area contributed by atoms with Gasteiger partial charge < -0.3 is 24.1 Å². The highest BCUT2D eigenvalue weighted by atomic mass is 16.6. The first-order valence-corrected chi connectivity index (χ1v) is 12.8. The molecule has 1 N–H and O–H groups in total. The van der Waals surface area contributed by atoms with Crippen LogP contribution in [0.4, 0.5) is 0 Å². The Morgan fingerprint density at radius 3 is 1.19 bits per heavy atom. The molecule has 0 saturated carbocycles. The van der Waals surface area contributed by atoms with E-state index >= 15 is 0 Å². The Morgan fingerprint density at radius 1 is 0.484 bits per heavy atom. The molecule has 0 radical (unpaired) electrons. The van der Waals surface area contributed by atoms with Crippen LogP contribution in [-0.4, -0.2) is 63.9 Å². The summed E-state index contributed by atoms with van der Waals surface area (Å²) in [5.41, 5.74) is 0. The highest BCUT2D eigenvalue weighted by Crippen LogP contribution is 2.12. The Kier molecular flexibility index (Phi) is 26.7. The quantitative estimate of drug-likeness (QED) is 0.156. The first kappa shape index (κ1) is 30.3. The summed E-state index contributed by atoms with van der Waals surface area (Å²) in [7, 11) is 0. The van der Waals surface area contributed by atoms with E-state index in [1.807, 2.05) is 0 Å². The number of ether oxygens (including phenoxy) is 4. The lowest BCUT2D eigenvalue weighted by molar-refractivity contribution is -0.138. The molecule has 0 unspecified atom stereocenters. The number of hydrogen-bond donors (Lipinski definition) is 1. The minimum Gasteiger partial charge on any atom is -0.481 e. The summed E-state index contributed by atoms with van der Waals surface area (Å²) in [5.74, 6) is -0.846. The van der Waals surface area contributed by atoms with Crippen LogP contribution < -0.4 is 0 Å². The summed E-state index contributed by atoms with van der Waals surface area (Å²) in [6.45, 7) is 6.48. The first-order chi connectivity index (χ1) is 15.3. The summed E-state index contributed by atoms with van der Waals surface area (Å²) < 4.78 is 21.5. The van der Waals surface area contributed by atoms with E-state index in [9.17, 15) is 4.79 Å². The molecule has 0 aliphatic rings. The summed E-state index contributed by atoms with van der Waals surface area (Å²) in [4.78, 5) is 10.3. The highest BCUT2D eigenvalue weighted by Gasteiger charge is 1.97. The lowest BCUT2D eigenvalue weighted by Gasteiger charge is -2.07. The Morgan fingerprint density at radius 2 is 0.806 bits per heavy atom. The molecule has 0 aromatic heterocycles. The molecule has 0 bridgehead atoms. The normalized spacial score (nSPS) is 11.3. The molecule has 186 valence electrons. The van der Waals surface area contributed by atoms with Gasteiger partial charge in [0.1, 0.15) is 0 Å². The molecular weight excluding hydrogens is 396 g/mol. The fraction of sp³-hybridized carbons (Fsp3) is 0.960. The van der Waals surface area contributed by atoms with Crippen LogP contribution in [-0.2, 0) is 23.7 Å². The number of unbranched alkanes of at least 4 members (excludes halogenated alkanes) is 13. The molecular formula is C25H50O6. The lowest BCUT2D eigenvalue weighted by atomic mass is 10.0. The number of carboxylic acids is 1. The van der Waals surface area contributed by atoms with Gasteiger partial charge in [-0.3, -0.25) is 4.79 Å². The Labute approximate surface area is 191 Å². The fourth-order valence-corrected chi connectivity index (χ4v) is 3.32. The monoisotopic (exact) mass is 446 g/mol. The molecule has 0 amide bonds. The van der Waals surface area contributed by atoms with Crippen molar-refractivity contribution >= 4 is 5.97 Å². The van der Waals surface area contributed by atoms with Crippen LogP contribution >= 0.6 is 0 Å². The maximum atomic E-state index is 10.3. The molecule has 0 spiro atoms. The van der Waals surface area contributed by atoms with E-state index in [1.165, 1.54) is 83.5 Å². The van der Waals surface area contributed by atoms with Gasteiger partial charge in [-0.05, 0) is 6.42 Å². The van der Waals surface area contributed by atoms with Gasteiger partial charge >= 0.3 is 5.97 Å². The van der Waals surface area contributed by atoms with Gasteiger partial charge in [0.2, 0.25) is 0 Å². The Balaban J connectivity index is 3.00. The van der Waals surface area contributed by atoms with Crippen molar-refractivity contribution in [3.63, 3.8) is 0 Å². The molecule has 0 fully saturated rings. The van der Waals surface area contributed by atoms with Crippen LogP contribution in [0.15, 0.2) is 0 Å². The largest absolute Gasteiger partial charge is 0.481 e. The molecule has 0 aromatic carbocycles. The maximum absolute atomic E-state index is 10.3.